The highest BCUT2D eigenvalue weighted by Crippen LogP contribution is 2.43. The van der Waals surface area contributed by atoms with Gasteiger partial charge in [-0.3, -0.25) is 14.0 Å². The van der Waals surface area contributed by atoms with Crippen molar-refractivity contribution in [2.75, 3.05) is 7.11 Å². The number of aryl methyl sites for hydroxylation is 1. The van der Waals surface area contributed by atoms with Crippen LogP contribution in [0, 0.1) is 6.92 Å². The van der Waals surface area contributed by atoms with Crippen molar-refractivity contribution in [3.63, 3.8) is 0 Å². The van der Waals surface area contributed by atoms with E-state index in [0.29, 0.717) is 40.7 Å². The molecule has 0 spiro atoms. The van der Waals surface area contributed by atoms with Crippen molar-refractivity contribution in [3.8, 4) is 11.5 Å². The number of carbonyl (C=O) groups excluding carboxylic acids is 2. The molecule has 0 saturated carbocycles. The Morgan fingerprint density at radius 2 is 1.57 bits per heavy atom. The second-order valence-electron chi connectivity index (χ2n) is 10.1. The van der Waals surface area contributed by atoms with Gasteiger partial charge in [0.05, 0.1) is 24.4 Å². The second-order valence-corrected chi connectivity index (χ2v) is 10.1. The van der Waals surface area contributed by atoms with Crippen LogP contribution >= 0.6 is 0 Å². The number of aliphatic hydroxyl groups excluding tert-OH is 1. The first kappa shape index (κ1) is 26.8. The number of ketones is 1. The summed E-state index contributed by atoms with van der Waals surface area (Å²) in [5.41, 5.74) is 3.96. The molecule has 3 heterocycles. The van der Waals surface area contributed by atoms with Crippen molar-refractivity contribution in [1.29, 1.82) is 0 Å². The molecule has 1 atom stereocenters. The number of amides is 1. The second kappa shape index (κ2) is 11.2. The lowest BCUT2D eigenvalue weighted by Gasteiger charge is -2.26. The SMILES string of the molecule is COc1cc(C2/C(=C(\O)c3c(C)nc4ccccn34)C(=O)C(=O)N2Cc2ccccc2)ccc1OCc1ccccc1. The van der Waals surface area contributed by atoms with Gasteiger partial charge in [0.25, 0.3) is 11.7 Å². The van der Waals surface area contributed by atoms with Gasteiger partial charge in [-0.1, -0.05) is 72.8 Å². The molecule has 1 saturated heterocycles. The predicted molar refractivity (Wildman–Crippen MR) is 158 cm³/mol. The van der Waals surface area contributed by atoms with Crippen LogP contribution in [-0.4, -0.2) is 38.2 Å². The topological polar surface area (TPSA) is 93.4 Å². The highest BCUT2D eigenvalue weighted by molar-refractivity contribution is 6.46. The van der Waals surface area contributed by atoms with Crippen molar-refractivity contribution < 1.29 is 24.2 Å². The fraction of sp³-hybridized carbons (Fsp3) is 0.147. The van der Waals surface area contributed by atoms with Crippen LogP contribution in [0.3, 0.4) is 0 Å². The van der Waals surface area contributed by atoms with Gasteiger partial charge in [0.15, 0.2) is 17.3 Å². The molecule has 210 valence electrons. The third-order valence-corrected chi connectivity index (χ3v) is 7.40. The maximum Gasteiger partial charge on any atom is 0.295 e. The number of rotatable bonds is 8. The molecule has 6 rings (SSSR count). The van der Waals surface area contributed by atoms with Gasteiger partial charge in [-0.05, 0) is 47.9 Å². The minimum atomic E-state index is -0.879. The van der Waals surface area contributed by atoms with Crippen LogP contribution in [-0.2, 0) is 22.7 Å². The highest BCUT2D eigenvalue weighted by Gasteiger charge is 2.46. The van der Waals surface area contributed by atoms with Crippen LogP contribution in [0.1, 0.15) is 34.1 Å². The maximum atomic E-state index is 13.7. The lowest BCUT2D eigenvalue weighted by Crippen LogP contribution is -2.29. The molecule has 8 heteroatoms. The van der Waals surface area contributed by atoms with Crippen LogP contribution in [0.15, 0.2) is 109 Å². The molecule has 0 radical (unpaired) electrons. The molecule has 1 amide bonds. The van der Waals surface area contributed by atoms with E-state index >= 15 is 0 Å². The summed E-state index contributed by atoms with van der Waals surface area (Å²) < 4.78 is 13.4. The molecule has 0 aliphatic carbocycles. The van der Waals surface area contributed by atoms with Gasteiger partial charge in [0.1, 0.15) is 17.9 Å². The number of imidazole rings is 1. The first-order chi connectivity index (χ1) is 20.5. The highest BCUT2D eigenvalue weighted by atomic mass is 16.5. The zero-order chi connectivity index (χ0) is 29.2. The monoisotopic (exact) mass is 559 g/mol. The van der Waals surface area contributed by atoms with Gasteiger partial charge < -0.3 is 19.5 Å². The van der Waals surface area contributed by atoms with E-state index in [2.05, 4.69) is 4.98 Å². The smallest absolute Gasteiger partial charge is 0.295 e. The summed E-state index contributed by atoms with van der Waals surface area (Å²) in [6.07, 6.45) is 1.77. The number of pyridine rings is 1. The van der Waals surface area contributed by atoms with Crippen molar-refractivity contribution in [2.45, 2.75) is 26.1 Å². The zero-order valence-corrected chi connectivity index (χ0v) is 23.2. The molecule has 0 bridgehead atoms. The summed E-state index contributed by atoms with van der Waals surface area (Å²) in [5.74, 6) is -0.779. The van der Waals surface area contributed by atoms with E-state index in [1.807, 2.05) is 78.9 Å². The Morgan fingerprint density at radius 3 is 2.29 bits per heavy atom. The standard InChI is InChI=1S/C34H29N3O5/c1-22-30(36-18-10-9-15-28(36)35-22)32(38)29-31(37(34(40)33(29)39)20-23-11-5-3-6-12-23)25-16-17-26(27(19-25)41-2)42-21-24-13-7-4-8-14-24/h3-19,31,38H,20-21H2,1-2H3/b32-29+. The Morgan fingerprint density at radius 1 is 0.881 bits per heavy atom. The summed E-state index contributed by atoms with van der Waals surface area (Å²) >= 11 is 0. The number of aliphatic hydroxyl groups is 1. The number of ether oxygens (including phenoxy) is 2. The van der Waals surface area contributed by atoms with Crippen LogP contribution in [0.2, 0.25) is 0 Å². The van der Waals surface area contributed by atoms with Crippen LogP contribution in [0.25, 0.3) is 11.4 Å². The van der Waals surface area contributed by atoms with E-state index < -0.39 is 17.7 Å². The molecule has 42 heavy (non-hydrogen) atoms. The van der Waals surface area contributed by atoms with E-state index in [-0.39, 0.29) is 17.9 Å². The summed E-state index contributed by atoms with van der Waals surface area (Å²) in [6.45, 7) is 2.28. The molecule has 1 aliphatic rings. The lowest BCUT2D eigenvalue weighted by atomic mass is 9.95. The number of benzene rings is 3. The number of aromatic nitrogens is 2. The van der Waals surface area contributed by atoms with Gasteiger partial charge in [0, 0.05) is 12.7 Å². The quantitative estimate of drug-likeness (QED) is 0.146. The van der Waals surface area contributed by atoms with E-state index in [9.17, 15) is 14.7 Å². The lowest BCUT2D eigenvalue weighted by molar-refractivity contribution is -0.140. The summed E-state index contributed by atoms with van der Waals surface area (Å²) in [7, 11) is 1.54. The van der Waals surface area contributed by atoms with Crippen molar-refractivity contribution in [2.24, 2.45) is 0 Å². The fourth-order valence-electron chi connectivity index (χ4n) is 5.40. The number of methoxy groups -OCH3 is 1. The normalized spacial score (nSPS) is 16.2. The number of hydrogen-bond donors (Lipinski definition) is 1. The number of likely N-dealkylation sites (tertiary alicyclic amines) is 1. The Balaban J connectivity index is 1.47. The first-order valence-corrected chi connectivity index (χ1v) is 13.6. The Bertz CT molecular complexity index is 1810. The zero-order valence-electron chi connectivity index (χ0n) is 23.2. The minimum Gasteiger partial charge on any atom is -0.505 e. The number of fused-ring (bicyclic) bond motifs is 1. The van der Waals surface area contributed by atoms with Gasteiger partial charge in [-0.15, -0.1) is 0 Å². The largest absolute Gasteiger partial charge is 0.505 e. The summed E-state index contributed by atoms with van der Waals surface area (Å²) in [5, 5.41) is 11.7. The molecule has 1 N–H and O–H groups in total. The van der Waals surface area contributed by atoms with Crippen molar-refractivity contribution >= 4 is 23.1 Å². The average molecular weight is 560 g/mol. The van der Waals surface area contributed by atoms with Gasteiger partial charge in [-0.25, -0.2) is 4.98 Å². The van der Waals surface area contributed by atoms with Gasteiger partial charge >= 0.3 is 0 Å². The number of nitrogens with zero attached hydrogens (tertiary/aromatic N) is 3. The number of Topliss-reactive ketones (excluding diaryl/α,β-unsaturated/α-hetero) is 1. The molecule has 8 nitrogen and oxygen atoms in total. The summed E-state index contributed by atoms with van der Waals surface area (Å²) in [4.78, 5) is 33.2. The van der Waals surface area contributed by atoms with E-state index in [4.69, 9.17) is 9.47 Å². The molecule has 5 aromatic rings. The number of carbonyl (C=O) groups is 2. The van der Waals surface area contributed by atoms with E-state index in [1.165, 1.54) is 12.0 Å². The van der Waals surface area contributed by atoms with Gasteiger partial charge in [0.2, 0.25) is 0 Å². The Kier molecular flexibility index (Phi) is 7.19. The predicted octanol–water partition coefficient (Wildman–Crippen LogP) is 5.85. The Labute approximate surface area is 243 Å². The molecular formula is C34H29N3O5. The maximum absolute atomic E-state index is 13.7. The molecular weight excluding hydrogens is 530 g/mol. The van der Waals surface area contributed by atoms with Crippen LogP contribution in [0.4, 0.5) is 0 Å². The molecule has 2 aromatic heterocycles. The number of hydrogen-bond acceptors (Lipinski definition) is 6. The van der Waals surface area contributed by atoms with Crippen molar-refractivity contribution in [3.05, 3.63) is 137 Å². The van der Waals surface area contributed by atoms with E-state index in [0.717, 1.165) is 11.1 Å². The minimum absolute atomic E-state index is 0.00955. The van der Waals surface area contributed by atoms with E-state index in [1.54, 1.807) is 35.7 Å². The molecule has 1 aliphatic heterocycles. The molecule has 1 unspecified atom stereocenters. The average Bonchev–Trinajstić information content (AvgIpc) is 3.49. The fourth-order valence-corrected chi connectivity index (χ4v) is 5.40. The summed E-state index contributed by atoms with van der Waals surface area (Å²) in [6, 6.07) is 29.1. The van der Waals surface area contributed by atoms with Crippen LogP contribution < -0.4 is 9.47 Å². The van der Waals surface area contributed by atoms with Gasteiger partial charge in [-0.2, -0.15) is 0 Å². The third kappa shape index (κ3) is 4.88. The Hall–Kier alpha value is -5.37. The van der Waals surface area contributed by atoms with Crippen molar-refractivity contribution in [1.82, 2.24) is 14.3 Å². The van der Waals surface area contributed by atoms with Crippen LogP contribution in [0.5, 0.6) is 11.5 Å². The molecule has 3 aromatic carbocycles. The molecule has 1 fully saturated rings. The first-order valence-electron chi connectivity index (χ1n) is 13.6. The third-order valence-electron chi connectivity index (χ3n) is 7.40.